The molecule has 162 valence electrons. The molecule has 0 bridgehead atoms. The first-order chi connectivity index (χ1) is 14.4. The summed E-state index contributed by atoms with van der Waals surface area (Å²) in [5, 5.41) is 11.4. The van der Waals surface area contributed by atoms with Gasteiger partial charge in [-0.15, -0.1) is 0 Å². The van der Waals surface area contributed by atoms with Gasteiger partial charge in [-0.2, -0.15) is 4.58 Å². The summed E-state index contributed by atoms with van der Waals surface area (Å²) in [6.07, 6.45) is 11.0. The second-order valence-corrected chi connectivity index (χ2v) is 9.37. The van der Waals surface area contributed by atoms with Gasteiger partial charge in [0.1, 0.15) is 6.54 Å². The van der Waals surface area contributed by atoms with Crippen LogP contribution in [0.2, 0.25) is 0 Å². The highest BCUT2D eigenvalue weighted by molar-refractivity contribution is 6.01. The lowest BCUT2D eigenvalue weighted by atomic mass is 9.80. The number of fused-ring (bicyclic) bond motifs is 3. The molecule has 2 aromatic carbocycles. The quantitative estimate of drug-likeness (QED) is 0.297. The number of unbranched alkanes of at least 4 members (excludes halogenated alkanes) is 8. The van der Waals surface area contributed by atoms with Gasteiger partial charge in [0.2, 0.25) is 5.69 Å². The van der Waals surface area contributed by atoms with Crippen molar-refractivity contribution in [1.29, 1.82) is 0 Å². The number of carbonyl (C=O) groups is 1. The van der Waals surface area contributed by atoms with Gasteiger partial charge in [-0.25, -0.2) is 0 Å². The van der Waals surface area contributed by atoms with E-state index in [1.807, 2.05) is 0 Å². The molecule has 0 saturated heterocycles. The maximum absolute atomic E-state index is 10.5. The molecule has 0 amide bonds. The van der Waals surface area contributed by atoms with Gasteiger partial charge in [0.25, 0.3) is 0 Å². The van der Waals surface area contributed by atoms with Crippen molar-refractivity contribution < 1.29 is 14.5 Å². The van der Waals surface area contributed by atoms with E-state index in [9.17, 15) is 4.79 Å². The second-order valence-electron chi connectivity index (χ2n) is 9.37. The minimum absolute atomic E-state index is 0.0802. The standard InChI is InChI=1S/C27H37NO2/c1-21-27(2,3)26-23-16-13-12-15-22(23)18-19-24(26)28(21)20-14-10-8-6-4-5-7-9-11-17-25(29)30/h12-13,15-16,18-19H,4-11,14,17,20H2,1-3H3/p+1. The number of hydrogen-bond acceptors (Lipinski definition) is 1. The molecule has 1 N–H and O–H groups in total. The molecular formula is C27H38NO2+. The molecule has 3 nitrogen and oxygen atoms in total. The third-order valence-electron chi connectivity index (χ3n) is 6.90. The van der Waals surface area contributed by atoms with Crippen LogP contribution < -0.4 is 0 Å². The highest BCUT2D eigenvalue weighted by Crippen LogP contribution is 2.43. The number of carboxylic acids is 1. The molecule has 3 heteroatoms. The third-order valence-corrected chi connectivity index (χ3v) is 6.90. The number of aliphatic carboxylic acids is 1. The summed E-state index contributed by atoms with van der Waals surface area (Å²) < 4.78 is 2.56. The van der Waals surface area contributed by atoms with Crippen molar-refractivity contribution >= 4 is 28.1 Å². The summed E-state index contributed by atoms with van der Waals surface area (Å²) in [6, 6.07) is 13.4. The fraction of sp³-hybridized carbons (Fsp3) is 0.556. The van der Waals surface area contributed by atoms with Gasteiger partial charge in [0.15, 0.2) is 5.71 Å². The molecule has 0 saturated carbocycles. The molecule has 0 unspecified atom stereocenters. The molecule has 1 heterocycles. The van der Waals surface area contributed by atoms with E-state index in [1.54, 1.807) is 0 Å². The van der Waals surface area contributed by atoms with E-state index in [2.05, 4.69) is 61.7 Å². The van der Waals surface area contributed by atoms with E-state index in [-0.39, 0.29) is 5.41 Å². The van der Waals surface area contributed by atoms with Crippen LogP contribution in [0, 0.1) is 0 Å². The Kier molecular flexibility index (Phi) is 7.69. The maximum atomic E-state index is 10.5. The van der Waals surface area contributed by atoms with Crippen LogP contribution >= 0.6 is 0 Å². The van der Waals surface area contributed by atoms with E-state index < -0.39 is 5.97 Å². The summed E-state index contributed by atoms with van der Waals surface area (Å²) in [5.74, 6) is -0.667. The Labute approximate surface area is 181 Å². The Bertz CT molecular complexity index is 910. The van der Waals surface area contributed by atoms with Gasteiger partial charge in [-0.3, -0.25) is 4.79 Å². The zero-order valence-electron chi connectivity index (χ0n) is 19.0. The van der Waals surface area contributed by atoms with Crippen molar-refractivity contribution in [2.45, 2.75) is 90.4 Å². The molecule has 0 fully saturated rings. The van der Waals surface area contributed by atoms with Crippen molar-refractivity contribution in [3.05, 3.63) is 42.0 Å². The van der Waals surface area contributed by atoms with Gasteiger partial charge < -0.3 is 5.11 Å². The predicted molar refractivity (Wildman–Crippen MR) is 126 cm³/mol. The molecule has 0 aromatic heterocycles. The Hall–Kier alpha value is -2.16. The molecule has 2 aromatic rings. The molecule has 0 spiro atoms. The highest BCUT2D eigenvalue weighted by Gasteiger charge is 2.43. The van der Waals surface area contributed by atoms with Crippen molar-refractivity contribution in [2.75, 3.05) is 6.54 Å². The number of nitrogens with zero attached hydrogens (tertiary/aromatic N) is 1. The van der Waals surface area contributed by atoms with Crippen molar-refractivity contribution in [2.24, 2.45) is 0 Å². The Morgan fingerprint density at radius 2 is 1.47 bits per heavy atom. The molecule has 1 aliphatic heterocycles. The summed E-state index contributed by atoms with van der Waals surface area (Å²) in [4.78, 5) is 10.5. The fourth-order valence-electron chi connectivity index (χ4n) is 4.91. The molecule has 1 aliphatic rings. The molecule has 0 aliphatic carbocycles. The zero-order chi connectivity index (χ0) is 21.6. The molecule has 30 heavy (non-hydrogen) atoms. The molecular weight excluding hydrogens is 370 g/mol. The van der Waals surface area contributed by atoms with E-state index in [0.717, 1.165) is 19.4 Å². The number of hydrogen-bond donors (Lipinski definition) is 1. The van der Waals surface area contributed by atoms with E-state index in [0.29, 0.717) is 6.42 Å². The van der Waals surface area contributed by atoms with Crippen LogP contribution in [0.25, 0.3) is 10.8 Å². The highest BCUT2D eigenvalue weighted by atomic mass is 16.4. The van der Waals surface area contributed by atoms with Crippen molar-refractivity contribution in [3.63, 3.8) is 0 Å². The van der Waals surface area contributed by atoms with Crippen molar-refractivity contribution in [1.82, 2.24) is 0 Å². The third kappa shape index (κ3) is 5.11. The molecule has 0 atom stereocenters. The van der Waals surface area contributed by atoms with Crippen LogP contribution in [-0.4, -0.2) is 27.9 Å². The number of rotatable bonds is 12. The van der Waals surface area contributed by atoms with Crippen LogP contribution in [0.15, 0.2) is 36.4 Å². The monoisotopic (exact) mass is 408 g/mol. The SMILES string of the molecule is CC1=[N+](CCCCCCCCCCCC(=O)O)c2ccc3ccccc3c2C1(C)C. The maximum Gasteiger partial charge on any atom is 0.303 e. The van der Waals surface area contributed by atoms with Crippen molar-refractivity contribution in [3.8, 4) is 0 Å². The molecule has 0 radical (unpaired) electrons. The first kappa shape index (κ1) is 22.5. The van der Waals surface area contributed by atoms with E-state index in [1.165, 1.54) is 72.7 Å². The van der Waals surface area contributed by atoms with E-state index in [4.69, 9.17) is 5.11 Å². The summed E-state index contributed by atoms with van der Waals surface area (Å²) in [5.41, 5.74) is 4.44. The molecule has 3 rings (SSSR count). The lowest BCUT2D eigenvalue weighted by Crippen LogP contribution is -2.26. The van der Waals surface area contributed by atoms with Crippen LogP contribution in [0.1, 0.15) is 90.5 Å². The summed E-state index contributed by atoms with van der Waals surface area (Å²) >= 11 is 0. The largest absolute Gasteiger partial charge is 0.481 e. The minimum Gasteiger partial charge on any atom is -0.481 e. The van der Waals surface area contributed by atoms with Gasteiger partial charge in [0, 0.05) is 31.4 Å². The van der Waals surface area contributed by atoms with Crippen LogP contribution in [0.4, 0.5) is 5.69 Å². The number of carboxylic acid groups (broad SMARTS) is 1. The smallest absolute Gasteiger partial charge is 0.303 e. The lowest BCUT2D eigenvalue weighted by Gasteiger charge is -2.17. The summed E-state index contributed by atoms with van der Waals surface area (Å²) in [6.45, 7) is 8.14. The minimum atomic E-state index is -0.667. The Balaban J connectivity index is 1.45. The first-order valence-corrected chi connectivity index (χ1v) is 11.8. The van der Waals surface area contributed by atoms with Crippen LogP contribution in [-0.2, 0) is 10.2 Å². The van der Waals surface area contributed by atoms with E-state index >= 15 is 0 Å². The average molecular weight is 409 g/mol. The lowest BCUT2D eigenvalue weighted by molar-refractivity contribution is -0.439. The van der Waals surface area contributed by atoms with Gasteiger partial charge in [-0.1, -0.05) is 62.8 Å². The van der Waals surface area contributed by atoms with Gasteiger partial charge in [-0.05, 0) is 43.5 Å². The van der Waals surface area contributed by atoms with Gasteiger partial charge in [0.05, 0.1) is 5.41 Å². The van der Waals surface area contributed by atoms with Crippen LogP contribution in [0.3, 0.4) is 0 Å². The summed E-state index contributed by atoms with van der Waals surface area (Å²) in [7, 11) is 0. The topological polar surface area (TPSA) is 40.3 Å². The van der Waals surface area contributed by atoms with Crippen LogP contribution in [0.5, 0.6) is 0 Å². The zero-order valence-corrected chi connectivity index (χ0v) is 19.0. The number of benzene rings is 2. The fourth-order valence-corrected chi connectivity index (χ4v) is 4.91. The predicted octanol–water partition coefficient (Wildman–Crippen LogP) is 7.22. The normalized spacial score (nSPS) is 15.0. The van der Waals surface area contributed by atoms with Gasteiger partial charge >= 0.3 is 5.97 Å². The second kappa shape index (κ2) is 10.2. The Morgan fingerprint density at radius 3 is 2.13 bits per heavy atom. The average Bonchev–Trinajstić information content (AvgIpc) is 2.92. The Morgan fingerprint density at radius 1 is 0.867 bits per heavy atom. The first-order valence-electron chi connectivity index (χ1n) is 11.8.